The van der Waals surface area contributed by atoms with Crippen molar-refractivity contribution in [2.45, 2.75) is 37.2 Å². The fraction of sp³-hybridized carbons (Fsp3) is 0.533. The lowest BCUT2D eigenvalue weighted by Crippen LogP contribution is -2.52. The van der Waals surface area contributed by atoms with Crippen LogP contribution in [0.2, 0.25) is 0 Å². The average molecular weight is 243 g/mol. The molecule has 1 N–H and O–H groups in total. The molecule has 1 aromatic rings. The van der Waals surface area contributed by atoms with Gasteiger partial charge in [-0.15, -0.1) is 0 Å². The monoisotopic (exact) mass is 243 g/mol. The second-order valence-electron chi connectivity index (χ2n) is 5.53. The van der Waals surface area contributed by atoms with Crippen molar-refractivity contribution in [1.82, 2.24) is 0 Å². The van der Waals surface area contributed by atoms with Gasteiger partial charge in [-0.25, -0.2) is 0 Å². The molecule has 1 saturated carbocycles. The van der Waals surface area contributed by atoms with Crippen molar-refractivity contribution < 1.29 is 9.84 Å². The van der Waals surface area contributed by atoms with E-state index in [9.17, 15) is 10.4 Å². The van der Waals surface area contributed by atoms with Crippen LogP contribution in [-0.4, -0.2) is 17.3 Å². The lowest BCUT2D eigenvalue weighted by atomic mass is 9.64. The first-order valence-corrected chi connectivity index (χ1v) is 6.48. The molecule has 3 nitrogen and oxygen atoms in total. The maximum Gasteiger partial charge on any atom is 0.124 e. The maximum atomic E-state index is 10.9. The summed E-state index contributed by atoms with van der Waals surface area (Å²) >= 11 is 0. The fourth-order valence-corrected chi connectivity index (χ4v) is 3.14. The summed E-state index contributed by atoms with van der Waals surface area (Å²) in [6, 6.07) is 10.0. The summed E-state index contributed by atoms with van der Waals surface area (Å²) in [6.07, 6.45) is 2.59. The minimum Gasteiger partial charge on any atom is -0.493 e. The standard InChI is InChI=1S/C15H17NO2/c1-14(17,11-6-7-11)15(10-16)8-9-18-13-5-3-2-4-12(13)15/h2-5,11,17H,6-9H2,1H3. The number of aliphatic hydroxyl groups is 1. The van der Waals surface area contributed by atoms with Gasteiger partial charge in [-0.05, 0) is 31.7 Å². The van der Waals surface area contributed by atoms with E-state index in [0.717, 1.165) is 24.2 Å². The van der Waals surface area contributed by atoms with Gasteiger partial charge >= 0.3 is 0 Å². The number of hydrogen-bond acceptors (Lipinski definition) is 3. The van der Waals surface area contributed by atoms with Crippen LogP contribution in [0.1, 0.15) is 31.7 Å². The molecule has 0 bridgehead atoms. The fourth-order valence-electron chi connectivity index (χ4n) is 3.14. The van der Waals surface area contributed by atoms with Crippen molar-refractivity contribution in [3.05, 3.63) is 29.8 Å². The van der Waals surface area contributed by atoms with E-state index in [0.29, 0.717) is 13.0 Å². The van der Waals surface area contributed by atoms with E-state index in [1.54, 1.807) is 0 Å². The van der Waals surface area contributed by atoms with Crippen molar-refractivity contribution in [2.24, 2.45) is 5.92 Å². The van der Waals surface area contributed by atoms with Gasteiger partial charge in [0.15, 0.2) is 0 Å². The molecule has 0 saturated heterocycles. The molecule has 1 heterocycles. The first-order chi connectivity index (χ1) is 8.62. The van der Waals surface area contributed by atoms with Crippen molar-refractivity contribution in [2.75, 3.05) is 6.61 Å². The van der Waals surface area contributed by atoms with Crippen LogP contribution in [0.15, 0.2) is 24.3 Å². The molecule has 3 heteroatoms. The zero-order chi connectivity index (χ0) is 12.8. The molecule has 0 aromatic heterocycles. The highest BCUT2D eigenvalue weighted by molar-refractivity contribution is 5.48. The highest BCUT2D eigenvalue weighted by Gasteiger charge is 2.58. The quantitative estimate of drug-likeness (QED) is 0.867. The Morgan fingerprint density at radius 3 is 2.83 bits per heavy atom. The Labute approximate surface area is 107 Å². The van der Waals surface area contributed by atoms with Crippen LogP contribution in [0, 0.1) is 17.2 Å². The Hall–Kier alpha value is -1.53. The summed E-state index contributed by atoms with van der Waals surface area (Å²) in [5.41, 5.74) is -0.958. The van der Waals surface area contributed by atoms with Crippen molar-refractivity contribution in [1.29, 1.82) is 5.26 Å². The third-order valence-electron chi connectivity index (χ3n) is 4.51. The Bertz CT molecular complexity index is 513. The predicted molar refractivity (Wildman–Crippen MR) is 67.2 cm³/mol. The number of nitriles is 1. The van der Waals surface area contributed by atoms with E-state index < -0.39 is 11.0 Å². The minimum absolute atomic E-state index is 0.239. The molecular formula is C15H17NO2. The molecule has 1 aliphatic heterocycles. The maximum absolute atomic E-state index is 10.9. The minimum atomic E-state index is -0.971. The van der Waals surface area contributed by atoms with Crippen LogP contribution in [0.25, 0.3) is 0 Å². The number of hydrogen-bond donors (Lipinski definition) is 1. The number of benzene rings is 1. The Balaban J connectivity index is 2.16. The van der Waals surface area contributed by atoms with Gasteiger partial charge in [0.25, 0.3) is 0 Å². The van der Waals surface area contributed by atoms with E-state index in [2.05, 4.69) is 6.07 Å². The molecule has 3 rings (SSSR count). The Morgan fingerprint density at radius 1 is 1.44 bits per heavy atom. The Morgan fingerprint density at radius 2 is 2.17 bits per heavy atom. The SMILES string of the molecule is CC(O)(C1CC1)C1(C#N)CCOc2ccccc21. The van der Waals surface area contributed by atoms with E-state index in [-0.39, 0.29) is 5.92 Å². The van der Waals surface area contributed by atoms with E-state index in [1.165, 1.54) is 0 Å². The number of rotatable bonds is 2. The normalized spacial score (nSPS) is 29.6. The summed E-state index contributed by atoms with van der Waals surface area (Å²) in [7, 11) is 0. The molecule has 2 unspecified atom stereocenters. The van der Waals surface area contributed by atoms with Crippen LogP contribution < -0.4 is 4.74 Å². The molecule has 2 atom stereocenters. The average Bonchev–Trinajstić information content (AvgIpc) is 3.22. The third kappa shape index (κ3) is 1.39. The summed E-state index contributed by atoms with van der Waals surface area (Å²) in [5.74, 6) is 0.981. The Kier molecular flexibility index (Phi) is 2.39. The summed E-state index contributed by atoms with van der Waals surface area (Å²) in [6.45, 7) is 2.31. The van der Waals surface area contributed by atoms with Gasteiger partial charge in [0, 0.05) is 12.0 Å². The zero-order valence-corrected chi connectivity index (χ0v) is 10.5. The van der Waals surface area contributed by atoms with Gasteiger partial charge < -0.3 is 9.84 Å². The summed E-state index contributed by atoms with van der Waals surface area (Å²) in [4.78, 5) is 0. The van der Waals surface area contributed by atoms with Crippen LogP contribution in [0.5, 0.6) is 5.75 Å². The van der Waals surface area contributed by atoms with Crippen molar-refractivity contribution in [3.8, 4) is 11.8 Å². The molecule has 1 fully saturated rings. The van der Waals surface area contributed by atoms with Crippen LogP contribution >= 0.6 is 0 Å². The van der Waals surface area contributed by atoms with Gasteiger partial charge in [-0.3, -0.25) is 0 Å². The summed E-state index contributed by atoms with van der Waals surface area (Å²) < 4.78 is 5.61. The molecular weight excluding hydrogens is 226 g/mol. The molecule has 0 radical (unpaired) electrons. The number of ether oxygens (including phenoxy) is 1. The predicted octanol–water partition coefficient (Wildman–Crippen LogP) is 2.39. The molecule has 0 amide bonds. The highest BCUT2D eigenvalue weighted by atomic mass is 16.5. The first kappa shape index (κ1) is 11.6. The van der Waals surface area contributed by atoms with Gasteiger partial charge in [0.2, 0.25) is 0 Å². The molecule has 2 aliphatic rings. The molecule has 94 valence electrons. The van der Waals surface area contributed by atoms with Crippen LogP contribution in [0.3, 0.4) is 0 Å². The van der Waals surface area contributed by atoms with Crippen molar-refractivity contribution in [3.63, 3.8) is 0 Å². The first-order valence-electron chi connectivity index (χ1n) is 6.48. The van der Waals surface area contributed by atoms with Crippen LogP contribution in [-0.2, 0) is 5.41 Å². The van der Waals surface area contributed by atoms with Gasteiger partial charge in [0.05, 0.1) is 18.3 Å². The highest BCUT2D eigenvalue weighted by Crippen LogP contribution is 2.54. The lowest BCUT2D eigenvalue weighted by molar-refractivity contribution is -0.0348. The largest absolute Gasteiger partial charge is 0.493 e. The summed E-state index contributed by atoms with van der Waals surface area (Å²) in [5, 5.41) is 20.6. The zero-order valence-electron chi connectivity index (χ0n) is 10.5. The molecule has 1 aromatic carbocycles. The number of para-hydroxylation sites is 1. The van der Waals surface area contributed by atoms with E-state index >= 15 is 0 Å². The van der Waals surface area contributed by atoms with E-state index in [4.69, 9.17) is 4.74 Å². The van der Waals surface area contributed by atoms with E-state index in [1.807, 2.05) is 31.2 Å². The second kappa shape index (κ2) is 3.73. The van der Waals surface area contributed by atoms with Gasteiger partial charge in [0.1, 0.15) is 11.2 Å². The number of nitrogens with zero attached hydrogens (tertiary/aromatic N) is 1. The smallest absolute Gasteiger partial charge is 0.124 e. The third-order valence-corrected chi connectivity index (χ3v) is 4.51. The van der Waals surface area contributed by atoms with Gasteiger partial charge in [-0.1, -0.05) is 18.2 Å². The number of fused-ring (bicyclic) bond motifs is 1. The molecule has 0 spiro atoms. The molecule has 18 heavy (non-hydrogen) atoms. The second-order valence-corrected chi connectivity index (χ2v) is 5.53. The van der Waals surface area contributed by atoms with Crippen LogP contribution in [0.4, 0.5) is 0 Å². The lowest BCUT2D eigenvalue weighted by Gasteiger charge is -2.44. The topological polar surface area (TPSA) is 53.2 Å². The van der Waals surface area contributed by atoms with Crippen molar-refractivity contribution >= 4 is 0 Å². The van der Waals surface area contributed by atoms with Gasteiger partial charge in [-0.2, -0.15) is 5.26 Å². The molecule has 1 aliphatic carbocycles.